The predicted octanol–water partition coefficient (Wildman–Crippen LogP) is 2.24. The van der Waals surface area contributed by atoms with Crippen molar-refractivity contribution in [2.75, 3.05) is 6.54 Å². The first-order chi connectivity index (χ1) is 8.75. The van der Waals surface area contributed by atoms with Gasteiger partial charge in [0.2, 0.25) is 0 Å². The molecule has 1 aliphatic rings. The number of aromatic amines is 1. The molecule has 0 saturated carbocycles. The van der Waals surface area contributed by atoms with E-state index in [0.29, 0.717) is 5.92 Å². The van der Waals surface area contributed by atoms with Crippen molar-refractivity contribution in [2.24, 2.45) is 0 Å². The highest BCUT2D eigenvalue weighted by atomic mass is 15.0. The summed E-state index contributed by atoms with van der Waals surface area (Å²) in [4.78, 5) is 12.6. The van der Waals surface area contributed by atoms with Crippen LogP contribution in [0.4, 0.5) is 0 Å². The first-order valence-electron chi connectivity index (χ1n) is 6.50. The van der Waals surface area contributed by atoms with Gasteiger partial charge in [0.1, 0.15) is 0 Å². The minimum atomic E-state index is 0.438. The Morgan fingerprint density at radius 3 is 2.89 bits per heavy atom. The molecule has 18 heavy (non-hydrogen) atoms. The third kappa shape index (κ3) is 1.93. The fourth-order valence-corrected chi connectivity index (χ4v) is 2.46. The minimum Gasteiger partial charge on any atom is -0.359 e. The summed E-state index contributed by atoms with van der Waals surface area (Å²) < 4.78 is 0. The zero-order valence-corrected chi connectivity index (χ0v) is 10.8. The van der Waals surface area contributed by atoms with E-state index in [4.69, 9.17) is 9.97 Å². The molecule has 1 aliphatic heterocycles. The van der Waals surface area contributed by atoms with Crippen molar-refractivity contribution in [3.8, 4) is 11.5 Å². The van der Waals surface area contributed by atoms with Crippen LogP contribution in [0.3, 0.4) is 0 Å². The number of hydrogen-bond acceptors (Lipinski definition) is 3. The highest BCUT2D eigenvalue weighted by Crippen LogP contribution is 2.25. The summed E-state index contributed by atoms with van der Waals surface area (Å²) in [5, 5.41) is 3.38. The second-order valence-corrected chi connectivity index (χ2v) is 5.02. The third-order valence-electron chi connectivity index (χ3n) is 3.35. The third-order valence-corrected chi connectivity index (χ3v) is 3.35. The lowest BCUT2D eigenvalue weighted by atomic mass is 9.97. The van der Waals surface area contributed by atoms with Gasteiger partial charge in [0.05, 0.1) is 17.1 Å². The highest BCUT2D eigenvalue weighted by molar-refractivity contribution is 5.51. The highest BCUT2D eigenvalue weighted by Gasteiger charge is 2.19. The topological polar surface area (TPSA) is 53.6 Å². The number of hydrogen-bond donors (Lipinski definition) is 2. The summed E-state index contributed by atoms with van der Waals surface area (Å²) in [6.07, 6.45) is 2.94. The molecule has 0 atom stereocenters. The molecular formula is C14H18N4. The Labute approximate surface area is 107 Å². The van der Waals surface area contributed by atoms with Gasteiger partial charge in [-0.25, -0.2) is 9.97 Å². The second-order valence-electron chi connectivity index (χ2n) is 5.02. The van der Waals surface area contributed by atoms with Crippen molar-refractivity contribution < 1.29 is 0 Å². The van der Waals surface area contributed by atoms with Gasteiger partial charge in [-0.3, -0.25) is 0 Å². The van der Waals surface area contributed by atoms with Crippen molar-refractivity contribution in [2.45, 2.75) is 32.7 Å². The first kappa shape index (κ1) is 11.4. The maximum absolute atomic E-state index is 4.76. The van der Waals surface area contributed by atoms with Gasteiger partial charge in [-0.2, -0.15) is 0 Å². The summed E-state index contributed by atoms with van der Waals surface area (Å²) in [7, 11) is 0. The molecule has 2 aromatic heterocycles. The number of fused-ring (bicyclic) bond motifs is 1. The fourth-order valence-electron chi connectivity index (χ4n) is 2.46. The fraction of sp³-hybridized carbons (Fsp3) is 0.429. The molecule has 0 fully saturated rings. The number of aromatic nitrogens is 3. The van der Waals surface area contributed by atoms with Crippen molar-refractivity contribution >= 4 is 0 Å². The van der Waals surface area contributed by atoms with Crippen LogP contribution in [0.25, 0.3) is 11.5 Å². The van der Waals surface area contributed by atoms with E-state index in [2.05, 4.69) is 24.1 Å². The van der Waals surface area contributed by atoms with E-state index in [0.717, 1.165) is 36.7 Å². The molecule has 0 aromatic carbocycles. The molecule has 0 bridgehead atoms. The summed E-state index contributed by atoms with van der Waals surface area (Å²) in [6, 6.07) is 3.99. The van der Waals surface area contributed by atoms with E-state index >= 15 is 0 Å². The van der Waals surface area contributed by atoms with Gasteiger partial charge < -0.3 is 10.3 Å². The Morgan fingerprint density at radius 1 is 1.28 bits per heavy atom. The SMILES string of the molecule is CC(C)c1nc(-c2ccc[nH]2)nc2c1CCNC2. The maximum Gasteiger partial charge on any atom is 0.176 e. The van der Waals surface area contributed by atoms with E-state index in [1.54, 1.807) is 0 Å². The molecule has 3 rings (SSSR count). The second kappa shape index (κ2) is 4.53. The number of rotatable bonds is 2. The van der Waals surface area contributed by atoms with Crippen LogP contribution >= 0.6 is 0 Å². The lowest BCUT2D eigenvalue weighted by Crippen LogP contribution is -2.27. The Morgan fingerprint density at radius 2 is 2.17 bits per heavy atom. The van der Waals surface area contributed by atoms with Crippen LogP contribution in [0, 0.1) is 0 Å². The summed E-state index contributed by atoms with van der Waals surface area (Å²) >= 11 is 0. The molecule has 94 valence electrons. The number of nitrogens with one attached hydrogen (secondary N) is 2. The zero-order chi connectivity index (χ0) is 12.5. The molecule has 0 unspecified atom stereocenters. The van der Waals surface area contributed by atoms with Crippen molar-refractivity contribution in [3.63, 3.8) is 0 Å². The molecule has 0 saturated heterocycles. The average molecular weight is 242 g/mol. The zero-order valence-electron chi connectivity index (χ0n) is 10.8. The van der Waals surface area contributed by atoms with E-state index in [1.807, 2.05) is 18.3 Å². The summed E-state index contributed by atoms with van der Waals surface area (Å²) in [5.41, 5.74) is 4.69. The Hall–Kier alpha value is -1.68. The van der Waals surface area contributed by atoms with E-state index in [-0.39, 0.29) is 0 Å². The van der Waals surface area contributed by atoms with Crippen LogP contribution in [0.1, 0.15) is 36.7 Å². The number of nitrogens with zero attached hydrogens (tertiary/aromatic N) is 2. The van der Waals surface area contributed by atoms with Gasteiger partial charge in [0.25, 0.3) is 0 Å². The standard InChI is InChI=1S/C14H18N4/c1-9(2)13-10-5-7-15-8-12(10)17-14(18-13)11-4-3-6-16-11/h3-4,6,9,15-16H,5,7-8H2,1-2H3. The smallest absolute Gasteiger partial charge is 0.176 e. The average Bonchev–Trinajstić information content (AvgIpc) is 2.91. The molecule has 4 heteroatoms. The molecule has 0 aliphatic carbocycles. The summed E-state index contributed by atoms with van der Waals surface area (Å²) in [6.45, 7) is 6.27. The molecule has 2 N–H and O–H groups in total. The molecule has 0 amide bonds. The van der Waals surface area contributed by atoms with Gasteiger partial charge in [0, 0.05) is 12.7 Å². The molecule has 2 aromatic rings. The normalized spacial score (nSPS) is 14.8. The van der Waals surface area contributed by atoms with Crippen LogP contribution < -0.4 is 5.32 Å². The molecule has 0 spiro atoms. The van der Waals surface area contributed by atoms with Crippen molar-refractivity contribution in [1.29, 1.82) is 0 Å². The lowest BCUT2D eigenvalue weighted by molar-refractivity contribution is 0.609. The number of H-pyrrole nitrogens is 1. The molecular weight excluding hydrogens is 224 g/mol. The van der Waals surface area contributed by atoms with Gasteiger partial charge in [-0.05, 0) is 36.6 Å². The van der Waals surface area contributed by atoms with Crippen molar-refractivity contribution in [3.05, 3.63) is 35.3 Å². The lowest BCUT2D eigenvalue weighted by Gasteiger charge is -2.21. The minimum absolute atomic E-state index is 0.438. The van der Waals surface area contributed by atoms with Gasteiger partial charge in [-0.1, -0.05) is 13.8 Å². The molecule has 0 radical (unpaired) electrons. The van der Waals surface area contributed by atoms with Crippen LogP contribution in [-0.2, 0) is 13.0 Å². The van der Waals surface area contributed by atoms with Crippen LogP contribution in [-0.4, -0.2) is 21.5 Å². The van der Waals surface area contributed by atoms with E-state index in [9.17, 15) is 0 Å². The molecule has 4 nitrogen and oxygen atoms in total. The van der Waals surface area contributed by atoms with E-state index in [1.165, 1.54) is 11.3 Å². The predicted molar refractivity (Wildman–Crippen MR) is 71.3 cm³/mol. The Kier molecular flexibility index (Phi) is 2.88. The molecule has 3 heterocycles. The van der Waals surface area contributed by atoms with Crippen molar-refractivity contribution in [1.82, 2.24) is 20.3 Å². The Bertz CT molecular complexity index is 543. The maximum atomic E-state index is 4.76. The monoisotopic (exact) mass is 242 g/mol. The van der Waals surface area contributed by atoms with Gasteiger partial charge >= 0.3 is 0 Å². The van der Waals surface area contributed by atoms with E-state index < -0.39 is 0 Å². The van der Waals surface area contributed by atoms with Crippen LogP contribution in [0.15, 0.2) is 18.3 Å². The quantitative estimate of drug-likeness (QED) is 0.849. The van der Waals surface area contributed by atoms with Gasteiger partial charge in [0.15, 0.2) is 5.82 Å². The van der Waals surface area contributed by atoms with Crippen LogP contribution in [0.5, 0.6) is 0 Å². The first-order valence-corrected chi connectivity index (χ1v) is 6.50. The Balaban J connectivity index is 2.15. The largest absolute Gasteiger partial charge is 0.359 e. The van der Waals surface area contributed by atoms with Crippen LogP contribution in [0.2, 0.25) is 0 Å². The van der Waals surface area contributed by atoms with Gasteiger partial charge in [-0.15, -0.1) is 0 Å². The summed E-state index contributed by atoms with van der Waals surface area (Å²) in [5.74, 6) is 1.25.